The van der Waals surface area contributed by atoms with Crippen LogP contribution in [-0.4, -0.2) is 26.5 Å². The molecular weight excluding hydrogens is 363 g/mol. The molecule has 0 saturated carbocycles. The fourth-order valence-electron chi connectivity index (χ4n) is 2.21. The summed E-state index contributed by atoms with van der Waals surface area (Å²) in [5.41, 5.74) is 0.877. The van der Waals surface area contributed by atoms with Crippen molar-refractivity contribution in [2.75, 3.05) is 14.2 Å². The number of nitrogens with one attached hydrogen (secondary N) is 1. The van der Waals surface area contributed by atoms with Crippen LogP contribution in [0.1, 0.15) is 11.1 Å². The summed E-state index contributed by atoms with van der Waals surface area (Å²) in [6, 6.07) is 10.7. The van der Waals surface area contributed by atoms with Crippen LogP contribution in [0, 0.1) is 0 Å². The fourth-order valence-corrected chi connectivity index (χ4v) is 2.21. The van der Waals surface area contributed by atoms with Crippen LogP contribution in [0.3, 0.4) is 0 Å². The van der Waals surface area contributed by atoms with E-state index in [4.69, 9.17) is 9.47 Å². The zero-order chi connectivity index (χ0) is 19.9. The van der Waals surface area contributed by atoms with Crippen LogP contribution in [0.15, 0.2) is 48.5 Å². The van der Waals surface area contributed by atoms with Crippen molar-refractivity contribution in [3.05, 3.63) is 59.7 Å². The molecular formula is C19H18F3NO4. The minimum atomic E-state index is -4.80. The number of alkyl halides is 3. The summed E-state index contributed by atoms with van der Waals surface area (Å²) in [6.07, 6.45) is -1.99. The quantitative estimate of drug-likeness (QED) is 0.739. The third kappa shape index (κ3) is 6.58. The van der Waals surface area contributed by atoms with Gasteiger partial charge in [-0.25, -0.2) is 0 Å². The zero-order valence-electron chi connectivity index (χ0n) is 14.7. The number of halogens is 3. The Labute approximate surface area is 154 Å². The number of rotatable bonds is 7. The van der Waals surface area contributed by atoms with E-state index < -0.39 is 12.3 Å². The normalized spacial score (nSPS) is 11.3. The molecule has 0 fully saturated rings. The Morgan fingerprint density at radius 1 is 1.07 bits per heavy atom. The molecule has 2 aromatic carbocycles. The maximum atomic E-state index is 12.4. The van der Waals surface area contributed by atoms with Gasteiger partial charge in [0, 0.05) is 24.3 Å². The third-order valence-corrected chi connectivity index (χ3v) is 3.45. The summed E-state index contributed by atoms with van der Waals surface area (Å²) in [5.74, 6) is 0.297. The Kier molecular flexibility index (Phi) is 6.70. The highest BCUT2D eigenvalue weighted by molar-refractivity contribution is 5.91. The predicted molar refractivity (Wildman–Crippen MR) is 93.6 cm³/mol. The van der Waals surface area contributed by atoms with Crippen LogP contribution in [0.4, 0.5) is 13.2 Å². The van der Waals surface area contributed by atoms with Crippen molar-refractivity contribution < 1.29 is 32.2 Å². The molecule has 0 heterocycles. The number of para-hydroxylation sites is 1. The van der Waals surface area contributed by atoms with E-state index >= 15 is 0 Å². The second kappa shape index (κ2) is 8.98. The highest BCUT2D eigenvalue weighted by atomic mass is 19.4. The van der Waals surface area contributed by atoms with Gasteiger partial charge in [-0.1, -0.05) is 18.2 Å². The molecule has 0 spiro atoms. The predicted octanol–water partition coefficient (Wildman–Crippen LogP) is 3.93. The molecule has 1 amide bonds. The van der Waals surface area contributed by atoms with Crippen molar-refractivity contribution in [1.82, 2.24) is 5.32 Å². The number of hydrogen-bond donors (Lipinski definition) is 1. The van der Waals surface area contributed by atoms with Gasteiger partial charge in [0.05, 0.1) is 14.2 Å². The van der Waals surface area contributed by atoms with Crippen LogP contribution in [-0.2, 0) is 11.3 Å². The Hall–Kier alpha value is -3.16. The molecule has 0 aliphatic heterocycles. The third-order valence-electron chi connectivity index (χ3n) is 3.45. The number of ether oxygens (including phenoxy) is 3. The van der Waals surface area contributed by atoms with Gasteiger partial charge in [-0.2, -0.15) is 0 Å². The summed E-state index contributed by atoms with van der Waals surface area (Å²) in [6.45, 7) is -0.114. The number of methoxy groups -OCH3 is 2. The lowest BCUT2D eigenvalue weighted by Gasteiger charge is -2.13. The molecule has 0 bridgehead atoms. The first kappa shape index (κ1) is 20.2. The summed E-state index contributed by atoms with van der Waals surface area (Å²) in [5, 5.41) is 2.52. The Balaban J connectivity index is 2.02. The minimum Gasteiger partial charge on any atom is -0.497 e. The summed E-state index contributed by atoms with van der Waals surface area (Å²) in [4.78, 5) is 12.0. The molecule has 0 unspecified atom stereocenters. The Bertz CT molecular complexity index is 797. The average molecular weight is 381 g/mol. The van der Waals surface area contributed by atoms with Crippen molar-refractivity contribution in [2.24, 2.45) is 0 Å². The van der Waals surface area contributed by atoms with Gasteiger partial charge in [0.25, 0.3) is 0 Å². The van der Waals surface area contributed by atoms with Gasteiger partial charge in [0.15, 0.2) is 0 Å². The standard InChI is InChI=1S/C19H18F3NO4/c1-25-15-9-13(10-16(11-15)26-2)7-8-18(24)23-12-14-5-3-4-6-17(14)27-19(20,21)22/h3-11H,12H2,1-2H3,(H,23,24)/b8-7+. The number of amides is 1. The van der Waals surface area contributed by atoms with Crippen molar-refractivity contribution in [3.63, 3.8) is 0 Å². The molecule has 0 saturated heterocycles. The molecule has 0 aliphatic rings. The van der Waals surface area contributed by atoms with Crippen molar-refractivity contribution in [2.45, 2.75) is 12.9 Å². The van der Waals surface area contributed by atoms with Crippen molar-refractivity contribution in [3.8, 4) is 17.2 Å². The SMILES string of the molecule is COc1cc(/C=C/C(=O)NCc2ccccc2OC(F)(F)F)cc(OC)c1. The largest absolute Gasteiger partial charge is 0.573 e. The maximum absolute atomic E-state index is 12.4. The molecule has 0 radical (unpaired) electrons. The van der Waals surface area contributed by atoms with Crippen molar-refractivity contribution >= 4 is 12.0 Å². The molecule has 0 atom stereocenters. The van der Waals surface area contributed by atoms with Gasteiger partial charge in [-0.3, -0.25) is 4.79 Å². The van der Waals surface area contributed by atoms with Crippen LogP contribution < -0.4 is 19.5 Å². The number of carbonyl (C=O) groups excluding carboxylic acids is 1. The van der Waals surface area contributed by atoms with Gasteiger partial charge < -0.3 is 19.5 Å². The van der Waals surface area contributed by atoms with E-state index in [1.54, 1.807) is 30.3 Å². The molecule has 1 N–H and O–H groups in total. The number of hydrogen-bond acceptors (Lipinski definition) is 4. The molecule has 5 nitrogen and oxygen atoms in total. The molecule has 2 rings (SSSR count). The van der Waals surface area contributed by atoms with E-state index in [0.717, 1.165) is 0 Å². The first-order chi connectivity index (χ1) is 12.8. The lowest BCUT2D eigenvalue weighted by Crippen LogP contribution is -2.22. The molecule has 8 heteroatoms. The Morgan fingerprint density at radius 3 is 2.30 bits per heavy atom. The molecule has 0 aliphatic carbocycles. The van der Waals surface area contributed by atoms with E-state index in [9.17, 15) is 18.0 Å². The van der Waals surface area contributed by atoms with Crippen LogP contribution in [0.25, 0.3) is 6.08 Å². The van der Waals surface area contributed by atoms with E-state index in [2.05, 4.69) is 10.1 Å². The van der Waals surface area contributed by atoms with E-state index in [-0.39, 0.29) is 17.9 Å². The van der Waals surface area contributed by atoms with Gasteiger partial charge in [0.2, 0.25) is 5.91 Å². The minimum absolute atomic E-state index is 0.114. The summed E-state index contributed by atoms with van der Waals surface area (Å²) < 4.78 is 51.5. The van der Waals surface area contributed by atoms with Gasteiger partial charge in [-0.05, 0) is 29.8 Å². The monoisotopic (exact) mass is 381 g/mol. The Morgan fingerprint density at radius 2 is 1.70 bits per heavy atom. The molecule has 144 valence electrons. The van der Waals surface area contributed by atoms with Crippen LogP contribution in [0.2, 0.25) is 0 Å². The maximum Gasteiger partial charge on any atom is 0.573 e. The van der Waals surface area contributed by atoms with E-state index in [1.807, 2.05) is 0 Å². The van der Waals surface area contributed by atoms with E-state index in [1.165, 1.54) is 38.5 Å². The first-order valence-electron chi connectivity index (χ1n) is 7.83. The summed E-state index contributed by atoms with van der Waals surface area (Å²) in [7, 11) is 3.02. The molecule has 2 aromatic rings. The number of benzene rings is 2. The fraction of sp³-hybridized carbons (Fsp3) is 0.211. The van der Waals surface area contributed by atoms with E-state index in [0.29, 0.717) is 17.1 Å². The van der Waals surface area contributed by atoms with Crippen molar-refractivity contribution in [1.29, 1.82) is 0 Å². The smallest absolute Gasteiger partial charge is 0.497 e. The molecule has 27 heavy (non-hydrogen) atoms. The second-order valence-corrected chi connectivity index (χ2v) is 5.35. The number of carbonyl (C=O) groups is 1. The summed E-state index contributed by atoms with van der Waals surface area (Å²) >= 11 is 0. The lowest BCUT2D eigenvalue weighted by molar-refractivity contribution is -0.274. The van der Waals surface area contributed by atoms with Gasteiger partial charge >= 0.3 is 6.36 Å². The van der Waals surface area contributed by atoms with Crippen LogP contribution in [0.5, 0.6) is 17.2 Å². The molecule has 0 aromatic heterocycles. The van der Waals surface area contributed by atoms with Gasteiger partial charge in [0.1, 0.15) is 17.2 Å². The van der Waals surface area contributed by atoms with Crippen LogP contribution >= 0.6 is 0 Å². The first-order valence-corrected chi connectivity index (χ1v) is 7.83. The highest BCUT2D eigenvalue weighted by Gasteiger charge is 2.31. The zero-order valence-corrected chi connectivity index (χ0v) is 14.7. The average Bonchev–Trinajstić information content (AvgIpc) is 2.64. The lowest BCUT2D eigenvalue weighted by atomic mass is 10.1. The van der Waals surface area contributed by atoms with Gasteiger partial charge in [-0.15, -0.1) is 13.2 Å². The second-order valence-electron chi connectivity index (χ2n) is 5.35. The topological polar surface area (TPSA) is 56.8 Å². The highest BCUT2D eigenvalue weighted by Crippen LogP contribution is 2.26.